The number of thiazole rings is 1. The predicted molar refractivity (Wildman–Crippen MR) is 111 cm³/mol. The Hall–Kier alpha value is -3.06. The lowest BCUT2D eigenvalue weighted by molar-refractivity contribution is -0.127. The highest BCUT2D eigenvalue weighted by atomic mass is 32.1. The molecule has 7 heteroatoms. The number of carbonyl (C=O) groups is 1. The van der Waals surface area contributed by atoms with Crippen LogP contribution in [0.2, 0.25) is 0 Å². The van der Waals surface area contributed by atoms with Gasteiger partial charge < -0.3 is 10.2 Å². The van der Waals surface area contributed by atoms with Gasteiger partial charge in [0, 0.05) is 49.1 Å². The maximum atomic E-state index is 12.6. The molecule has 0 radical (unpaired) electrons. The van der Waals surface area contributed by atoms with E-state index in [0.29, 0.717) is 6.54 Å². The fraction of sp³-hybridized carbons (Fsp3) is 0.238. The fourth-order valence-electron chi connectivity index (χ4n) is 3.24. The summed E-state index contributed by atoms with van der Waals surface area (Å²) in [5.74, 6) is 1.08. The molecule has 3 aromatic heterocycles. The number of nitrogens with zero attached hydrogens (tertiary/aromatic N) is 4. The van der Waals surface area contributed by atoms with Gasteiger partial charge in [0.1, 0.15) is 5.82 Å². The Morgan fingerprint density at radius 2 is 2.21 bits per heavy atom. The van der Waals surface area contributed by atoms with Crippen LogP contribution in [0.1, 0.15) is 30.0 Å². The van der Waals surface area contributed by atoms with Crippen molar-refractivity contribution in [3.63, 3.8) is 0 Å². The molecule has 1 amide bonds. The molecule has 0 aliphatic carbocycles. The number of amides is 1. The minimum absolute atomic E-state index is 0.0376. The van der Waals surface area contributed by atoms with Crippen molar-refractivity contribution in [3.05, 3.63) is 71.6 Å². The van der Waals surface area contributed by atoms with Crippen LogP contribution in [0.4, 0.5) is 10.9 Å². The van der Waals surface area contributed by atoms with Crippen LogP contribution in [0.25, 0.3) is 6.08 Å². The van der Waals surface area contributed by atoms with E-state index >= 15 is 0 Å². The standard InChI is InChI=1S/C21H21N5OS/c27-20(9-8-16-5-3-10-22-13-16)26-12-4-6-17(14-26)18-15-28-21(24-18)25-19-7-1-2-11-23-19/h1-3,5,7-11,13,15,17H,4,6,12,14H2,(H,23,24,25)/b9-8+/t17-/m0/s1. The number of piperidine rings is 1. The van der Waals surface area contributed by atoms with Crippen molar-refractivity contribution in [3.8, 4) is 0 Å². The van der Waals surface area contributed by atoms with Gasteiger partial charge in [0.2, 0.25) is 5.91 Å². The first-order valence-corrected chi connectivity index (χ1v) is 10.2. The average Bonchev–Trinajstić information content (AvgIpc) is 3.22. The summed E-state index contributed by atoms with van der Waals surface area (Å²) in [6, 6.07) is 9.53. The first-order chi connectivity index (χ1) is 13.8. The number of hydrogen-bond acceptors (Lipinski definition) is 6. The summed E-state index contributed by atoms with van der Waals surface area (Å²) < 4.78 is 0. The SMILES string of the molecule is O=C(/C=C/c1cccnc1)N1CCC[C@H](c2csc(Nc3ccccn3)n2)C1. The van der Waals surface area contributed by atoms with Crippen LogP contribution < -0.4 is 5.32 Å². The van der Waals surface area contributed by atoms with Gasteiger partial charge >= 0.3 is 0 Å². The molecular weight excluding hydrogens is 370 g/mol. The second-order valence-corrected chi connectivity index (χ2v) is 7.52. The van der Waals surface area contributed by atoms with E-state index in [-0.39, 0.29) is 11.8 Å². The number of hydrogen-bond donors (Lipinski definition) is 1. The molecule has 3 aromatic rings. The van der Waals surface area contributed by atoms with Crippen LogP contribution in [0.5, 0.6) is 0 Å². The van der Waals surface area contributed by atoms with Gasteiger partial charge in [0.15, 0.2) is 5.13 Å². The summed E-state index contributed by atoms with van der Waals surface area (Å²) >= 11 is 1.57. The Morgan fingerprint density at radius 3 is 3.04 bits per heavy atom. The molecule has 1 atom stereocenters. The lowest BCUT2D eigenvalue weighted by Gasteiger charge is -2.31. The van der Waals surface area contributed by atoms with Gasteiger partial charge in [-0.15, -0.1) is 11.3 Å². The van der Waals surface area contributed by atoms with Gasteiger partial charge in [-0.2, -0.15) is 0 Å². The van der Waals surface area contributed by atoms with Crippen molar-refractivity contribution in [1.82, 2.24) is 19.9 Å². The zero-order chi connectivity index (χ0) is 19.2. The first kappa shape index (κ1) is 18.3. The minimum Gasteiger partial charge on any atom is -0.338 e. The van der Waals surface area contributed by atoms with Crippen molar-refractivity contribution in [2.75, 3.05) is 18.4 Å². The van der Waals surface area contributed by atoms with Crippen LogP contribution in [-0.4, -0.2) is 38.8 Å². The molecule has 0 unspecified atom stereocenters. The zero-order valence-corrected chi connectivity index (χ0v) is 16.2. The molecule has 1 saturated heterocycles. The van der Waals surface area contributed by atoms with Crippen molar-refractivity contribution in [1.29, 1.82) is 0 Å². The van der Waals surface area contributed by atoms with Gasteiger partial charge in [-0.05, 0) is 42.7 Å². The molecule has 1 fully saturated rings. The van der Waals surface area contributed by atoms with Crippen LogP contribution in [0.3, 0.4) is 0 Å². The number of rotatable bonds is 5. The summed E-state index contributed by atoms with van der Waals surface area (Å²) in [4.78, 5) is 27.5. The molecule has 0 aromatic carbocycles. The van der Waals surface area contributed by atoms with E-state index in [1.807, 2.05) is 41.3 Å². The molecule has 0 spiro atoms. The van der Waals surface area contributed by atoms with E-state index in [1.165, 1.54) is 0 Å². The second kappa shape index (κ2) is 8.75. The molecular formula is C21H21N5OS. The summed E-state index contributed by atoms with van der Waals surface area (Å²) in [5, 5.41) is 6.14. The molecule has 28 heavy (non-hydrogen) atoms. The van der Waals surface area contributed by atoms with Crippen LogP contribution in [-0.2, 0) is 4.79 Å². The zero-order valence-electron chi connectivity index (χ0n) is 15.4. The Morgan fingerprint density at radius 1 is 1.25 bits per heavy atom. The summed E-state index contributed by atoms with van der Waals surface area (Å²) in [5.41, 5.74) is 1.96. The number of likely N-dealkylation sites (tertiary alicyclic amines) is 1. The first-order valence-electron chi connectivity index (χ1n) is 9.28. The molecule has 4 rings (SSSR count). The average molecular weight is 392 g/mol. The van der Waals surface area contributed by atoms with Crippen molar-refractivity contribution < 1.29 is 4.79 Å². The molecule has 0 bridgehead atoms. The van der Waals surface area contributed by atoms with E-state index < -0.39 is 0 Å². The van der Waals surface area contributed by atoms with E-state index in [0.717, 1.165) is 41.6 Å². The van der Waals surface area contributed by atoms with Gasteiger partial charge in [0.05, 0.1) is 5.69 Å². The Bertz CT molecular complexity index is 942. The Kier molecular flexibility index (Phi) is 5.72. The van der Waals surface area contributed by atoms with Crippen molar-refractivity contribution in [2.24, 2.45) is 0 Å². The number of anilines is 2. The van der Waals surface area contributed by atoms with E-state index in [2.05, 4.69) is 20.7 Å². The lowest BCUT2D eigenvalue weighted by atomic mass is 9.95. The lowest BCUT2D eigenvalue weighted by Crippen LogP contribution is -2.38. The van der Waals surface area contributed by atoms with Crippen molar-refractivity contribution in [2.45, 2.75) is 18.8 Å². The number of carbonyl (C=O) groups excluding carboxylic acids is 1. The molecule has 0 saturated carbocycles. The number of nitrogens with one attached hydrogen (secondary N) is 1. The summed E-state index contributed by atoms with van der Waals surface area (Å²) in [6.45, 7) is 1.48. The van der Waals surface area contributed by atoms with Crippen LogP contribution in [0.15, 0.2) is 60.4 Å². The topological polar surface area (TPSA) is 71.0 Å². The third-order valence-electron chi connectivity index (χ3n) is 4.68. The highest BCUT2D eigenvalue weighted by Gasteiger charge is 2.25. The molecule has 1 aliphatic rings. The molecule has 1 aliphatic heterocycles. The Balaban J connectivity index is 1.38. The maximum absolute atomic E-state index is 12.6. The van der Waals surface area contributed by atoms with E-state index in [1.54, 1.807) is 36.0 Å². The highest BCUT2D eigenvalue weighted by molar-refractivity contribution is 7.13. The maximum Gasteiger partial charge on any atom is 0.246 e. The normalized spacial score (nSPS) is 17.0. The molecule has 142 valence electrons. The van der Waals surface area contributed by atoms with Gasteiger partial charge in [0.25, 0.3) is 0 Å². The summed E-state index contributed by atoms with van der Waals surface area (Å²) in [6.07, 6.45) is 10.7. The fourth-order valence-corrected chi connectivity index (χ4v) is 4.04. The van der Waals surface area contributed by atoms with Gasteiger partial charge in [-0.25, -0.2) is 9.97 Å². The quantitative estimate of drug-likeness (QED) is 0.663. The van der Waals surface area contributed by atoms with Crippen LogP contribution >= 0.6 is 11.3 Å². The Labute approximate surface area is 168 Å². The molecule has 1 N–H and O–H groups in total. The summed E-state index contributed by atoms with van der Waals surface area (Å²) in [7, 11) is 0. The van der Waals surface area contributed by atoms with E-state index in [4.69, 9.17) is 4.98 Å². The van der Waals surface area contributed by atoms with Gasteiger partial charge in [-0.1, -0.05) is 12.1 Å². The third-order valence-corrected chi connectivity index (χ3v) is 5.45. The largest absolute Gasteiger partial charge is 0.338 e. The second-order valence-electron chi connectivity index (χ2n) is 6.66. The molecule has 4 heterocycles. The number of aromatic nitrogens is 3. The van der Waals surface area contributed by atoms with E-state index in [9.17, 15) is 4.79 Å². The highest BCUT2D eigenvalue weighted by Crippen LogP contribution is 2.30. The predicted octanol–water partition coefficient (Wildman–Crippen LogP) is 4.10. The monoisotopic (exact) mass is 391 g/mol. The van der Waals surface area contributed by atoms with Crippen LogP contribution in [0, 0.1) is 0 Å². The van der Waals surface area contributed by atoms with Crippen molar-refractivity contribution >= 4 is 34.3 Å². The third kappa shape index (κ3) is 4.61. The number of pyridine rings is 2. The van der Waals surface area contributed by atoms with Gasteiger partial charge in [-0.3, -0.25) is 9.78 Å². The molecule has 6 nitrogen and oxygen atoms in total. The minimum atomic E-state index is 0.0376. The smallest absolute Gasteiger partial charge is 0.246 e.